The Morgan fingerprint density at radius 3 is 2.61 bits per heavy atom. The van der Waals surface area contributed by atoms with Gasteiger partial charge in [-0.15, -0.1) is 0 Å². The number of nitrogen functional groups attached to an aromatic ring is 1. The number of esters is 1. The van der Waals surface area contributed by atoms with Crippen molar-refractivity contribution in [3.63, 3.8) is 0 Å². The van der Waals surface area contributed by atoms with Gasteiger partial charge in [0.1, 0.15) is 5.60 Å². The van der Waals surface area contributed by atoms with Crippen LogP contribution in [0.15, 0.2) is 12.3 Å². The van der Waals surface area contributed by atoms with Crippen LogP contribution in [0.5, 0.6) is 0 Å². The number of halogens is 2. The van der Waals surface area contributed by atoms with Crippen molar-refractivity contribution in [2.24, 2.45) is 0 Å². The van der Waals surface area contributed by atoms with Gasteiger partial charge in [-0.25, -0.2) is 9.78 Å². The molecule has 6 heteroatoms. The molecule has 0 amide bonds. The number of pyridine rings is 1. The Morgan fingerprint density at radius 1 is 1.44 bits per heavy atom. The molecule has 0 spiro atoms. The van der Waals surface area contributed by atoms with Crippen LogP contribution in [-0.4, -0.2) is 16.6 Å². The van der Waals surface area contributed by atoms with E-state index in [1.165, 1.54) is 6.08 Å². The lowest BCUT2D eigenvalue weighted by atomic mass is 10.2. The minimum absolute atomic E-state index is 0.111. The van der Waals surface area contributed by atoms with E-state index in [2.05, 4.69) is 4.98 Å². The maximum Gasteiger partial charge on any atom is 0.331 e. The van der Waals surface area contributed by atoms with Crippen LogP contribution in [0.1, 0.15) is 26.3 Å². The molecule has 0 atom stereocenters. The Balaban J connectivity index is 2.86. The summed E-state index contributed by atoms with van der Waals surface area (Å²) in [7, 11) is 0. The topological polar surface area (TPSA) is 65.2 Å². The monoisotopic (exact) mass is 256 g/mol. The number of rotatable bonds is 2. The predicted octanol–water partition coefficient (Wildman–Crippen LogP) is 2.30. The zero-order valence-electron chi connectivity index (χ0n) is 10.3. The van der Waals surface area contributed by atoms with Crippen molar-refractivity contribution in [1.82, 2.24) is 4.98 Å². The number of aromatic nitrogens is 1. The van der Waals surface area contributed by atoms with Crippen molar-refractivity contribution < 1.29 is 18.3 Å². The molecule has 1 aromatic heterocycles. The second kappa shape index (κ2) is 5.12. The van der Waals surface area contributed by atoms with Gasteiger partial charge in [-0.05, 0) is 26.8 Å². The maximum atomic E-state index is 13.1. The Hall–Kier alpha value is -1.98. The van der Waals surface area contributed by atoms with Gasteiger partial charge in [0.15, 0.2) is 0 Å². The van der Waals surface area contributed by atoms with E-state index in [-0.39, 0.29) is 5.56 Å². The molecule has 4 nitrogen and oxygen atoms in total. The summed E-state index contributed by atoms with van der Waals surface area (Å²) in [5, 5.41) is 0. The van der Waals surface area contributed by atoms with Crippen LogP contribution in [0, 0.1) is 11.8 Å². The summed E-state index contributed by atoms with van der Waals surface area (Å²) in [5.74, 6) is -3.12. The van der Waals surface area contributed by atoms with Gasteiger partial charge in [0.25, 0.3) is 5.95 Å². The second-order valence-electron chi connectivity index (χ2n) is 4.60. The normalized spacial score (nSPS) is 11.8. The first kappa shape index (κ1) is 14.1. The first-order valence-electron chi connectivity index (χ1n) is 5.21. The summed E-state index contributed by atoms with van der Waals surface area (Å²) in [4.78, 5) is 14.5. The highest BCUT2D eigenvalue weighted by atomic mass is 19.2. The van der Waals surface area contributed by atoms with Gasteiger partial charge in [-0.3, -0.25) is 0 Å². The summed E-state index contributed by atoms with van der Waals surface area (Å²) >= 11 is 0. The van der Waals surface area contributed by atoms with Crippen molar-refractivity contribution >= 4 is 17.7 Å². The molecule has 0 unspecified atom stereocenters. The van der Waals surface area contributed by atoms with Gasteiger partial charge in [0, 0.05) is 17.8 Å². The van der Waals surface area contributed by atoms with E-state index < -0.39 is 29.0 Å². The van der Waals surface area contributed by atoms with E-state index >= 15 is 0 Å². The molecule has 0 aliphatic rings. The minimum atomic E-state index is -1.28. The first-order valence-corrected chi connectivity index (χ1v) is 5.21. The van der Waals surface area contributed by atoms with Crippen LogP contribution in [0.4, 0.5) is 14.5 Å². The molecule has 0 aliphatic carbocycles. The molecule has 0 bridgehead atoms. The van der Waals surface area contributed by atoms with E-state index in [4.69, 9.17) is 10.5 Å². The molecule has 0 saturated carbocycles. The molecular formula is C12H14F2N2O2. The largest absolute Gasteiger partial charge is 0.457 e. The van der Waals surface area contributed by atoms with Crippen molar-refractivity contribution in [2.45, 2.75) is 26.4 Å². The van der Waals surface area contributed by atoms with E-state index in [0.29, 0.717) is 0 Å². The summed E-state index contributed by atoms with van der Waals surface area (Å²) in [6.07, 6.45) is 3.34. The van der Waals surface area contributed by atoms with Crippen molar-refractivity contribution in [3.05, 3.63) is 29.6 Å². The van der Waals surface area contributed by atoms with Gasteiger partial charge in [-0.2, -0.15) is 8.78 Å². The standard InChI is InChI=1S/C12H14F2N2O2/c1-12(2,3)18-8(17)5-4-7-6-16-11(14)9(13)10(7)15/h4-6H,1-3H3,(H2,15,16)/b5-4+. The third-order valence-corrected chi connectivity index (χ3v) is 1.85. The van der Waals surface area contributed by atoms with Crippen LogP contribution < -0.4 is 5.73 Å². The van der Waals surface area contributed by atoms with E-state index in [9.17, 15) is 13.6 Å². The Bertz CT molecular complexity index is 494. The molecule has 1 rings (SSSR count). The minimum Gasteiger partial charge on any atom is -0.457 e. The van der Waals surface area contributed by atoms with E-state index in [0.717, 1.165) is 12.3 Å². The first-order chi connectivity index (χ1) is 8.20. The Labute approximate surface area is 103 Å². The molecule has 0 aromatic carbocycles. The summed E-state index contributed by atoms with van der Waals surface area (Å²) in [6.45, 7) is 5.14. The molecule has 98 valence electrons. The van der Waals surface area contributed by atoms with Crippen molar-refractivity contribution in [3.8, 4) is 0 Å². The number of nitrogens with zero attached hydrogens (tertiary/aromatic N) is 1. The average Bonchev–Trinajstić information content (AvgIpc) is 2.22. The summed E-state index contributed by atoms with van der Waals surface area (Å²) < 4.78 is 30.8. The van der Waals surface area contributed by atoms with Crippen LogP contribution in [0.25, 0.3) is 6.08 Å². The van der Waals surface area contributed by atoms with Gasteiger partial charge < -0.3 is 10.5 Å². The number of ether oxygens (including phenoxy) is 1. The molecule has 0 radical (unpaired) electrons. The fourth-order valence-electron chi connectivity index (χ4n) is 1.12. The molecule has 1 heterocycles. The van der Waals surface area contributed by atoms with Crippen LogP contribution >= 0.6 is 0 Å². The molecule has 1 aromatic rings. The molecule has 2 N–H and O–H groups in total. The molecule has 0 aliphatic heterocycles. The third-order valence-electron chi connectivity index (χ3n) is 1.85. The van der Waals surface area contributed by atoms with Crippen LogP contribution in [0.2, 0.25) is 0 Å². The van der Waals surface area contributed by atoms with Gasteiger partial charge >= 0.3 is 5.97 Å². The molecule has 0 fully saturated rings. The highest BCUT2D eigenvalue weighted by Crippen LogP contribution is 2.18. The number of hydrogen-bond donors (Lipinski definition) is 1. The molecule has 0 saturated heterocycles. The van der Waals surface area contributed by atoms with Crippen LogP contribution in [-0.2, 0) is 9.53 Å². The quantitative estimate of drug-likeness (QED) is 0.501. The molecular weight excluding hydrogens is 242 g/mol. The fourth-order valence-corrected chi connectivity index (χ4v) is 1.12. The van der Waals surface area contributed by atoms with Gasteiger partial charge in [0.05, 0.1) is 5.69 Å². The number of carbonyl (C=O) groups excluding carboxylic acids is 1. The summed E-state index contributed by atoms with van der Waals surface area (Å²) in [6, 6.07) is 0. The predicted molar refractivity (Wildman–Crippen MR) is 63.4 cm³/mol. The fraction of sp³-hybridized carbons (Fsp3) is 0.333. The third kappa shape index (κ3) is 3.80. The van der Waals surface area contributed by atoms with Gasteiger partial charge in [-0.1, -0.05) is 0 Å². The lowest BCUT2D eigenvalue weighted by Crippen LogP contribution is -2.22. The number of carbonyl (C=O) groups is 1. The van der Waals surface area contributed by atoms with Gasteiger partial charge in [0.2, 0.25) is 5.82 Å². The summed E-state index contributed by atoms with van der Waals surface area (Å²) in [5.41, 5.74) is 4.42. The second-order valence-corrected chi connectivity index (χ2v) is 4.60. The van der Waals surface area contributed by atoms with Crippen molar-refractivity contribution in [2.75, 3.05) is 5.73 Å². The lowest BCUT2D eigenvalue weighted by Gasteiger charge is -2.17. The smallest absolute Gasteiger partial charge is 0.331 e. The highest BCUT2D eigenvalue weighted by molar-refractivity contribution is 5.88. The lowest BCUT2D eigenvalue weighted by molar-refractivity contribution is -0.148. The number of hydrogen-bond acceptors (Lipinski definition) is 4. The van der Waals surface area contributed by atoms with E-state index in [1.807, 2.05) is 0 Å². The van der Waals surface area contributed by atoms with E-state index in [1.54, 1.807) is 20.8 Å². The zero-order valence-corrected chi connectivity index (χ0v) is 10.3. The maximum absolute atomic E-state index is 13.1. The van der Waals surface area contributed by atoms with Crippen LogP contribution in [0.3, 0.4) is 0 Å². The average molecular weight is 256 g/mol. The SMILES string of the molecule is CC(C)(C)OC(=O)/C=C/c1cnc(F)c(F)c1N. The number of nitrogens with two attached hydrogens (primary N) is 1. The highest BCUT2D eigenvalue weighted by Gasteiger charge is 2.14. The Morgan fingerprint density at radius 2 is 2.06 bits per heavy atom. The Kier molecular flexibility index (Phi) is 4.00. The molecule has 18 heavy (non-hydrogen) atoms. The number of anilines is 1. The zero-order chi connectivity index (χ0) is 13.9. The van der Waals surface area contributed by atoms with Crippen molar-refractivity contribution in [1.29, 1.82) is 0 Å².